The molecule has 7 heteroatoms. The molecule has 0 radical (unpaired) electrons. The quantitative estimate of drug-likeness (QED) is 0.572. The fraction of sp³-hybridized carbons (Fsp3) is 0. The van der Waals surface area contributed by atoms with Crippen LogP contribution in [0.25, 0.3) is 33.1 Å². The molecule has 0 aliphatic carbocycles. The molecule has 3 N–H and O–H groups in total. The third kappa shape index (κ3) is 2.91. The van der Waals surface area contributed by atoms with Gasteiger partial charge in [0.05, 0.1) is 5.02 Å². The summed E-state index contributed by atoms with van der Waals surface area (Å²) in [5, 5.41) is 1.13. The summed E-state index contributed by atoms with van der Waals surface area (Å²) in [4.78, 5) is 25.5. The number of H-pyrrole nitrogens is 1. The number of hydrogen-bond donors (Lipinski definition) is 2. The van der Waals surface area contributed by atoms with E-state index in [1.165, 1.54) is 6.08 Å². The summed E-state index contributed by atoms with van der Waals surface area (Å²) >= 11 is 6.03. The molecule has 0 aromatic carbocycles. The normalized spacial score (nSPS) is 11.0. The third-order valence-corrected chi connectivity index (χ3v) is 3.53. The van der Waals surface area contributed by atoms with E-state index in [9.17, 15) is 4.79 Å². The predicted octanol–water partition coefficient (Wildman–Crippen LogP) is 3.33. The topological polar surface area (TPSA) is 89.0 Å². The summed E-state index contributed by atoms with van der Waals surface area (Å²) in [6.07, 6.45) is 7.92. The van der Waals surface area contributed by atoms with Crippen LogP contribution < -0.4 is 5.73 Å². The third-order valence-electron chi connectivity index (χ3n) is 3.25. The number of pyridine rings is 2. The van der Waals surface area contributed by atoms with Crippen LogP contribution in [0, 0.1) is 6.57 Å². The van der Waals surface area contributed by atoms with Crippen molar-refractivity contribution in [3.05, 3.63) is 58.8 Å². The number of aromatic amines is 1. The van der Waals surface area contributed by atoms with Crippen molar-refractivity contribution in [2.24, 2.45) is 5.73 Å². The van der Waals surface area contributed by atoms with Gasteiger partial charge in [-0.05, 0) is 18.2 Å². The number of carbonyl (C=O) groups is 1. The van der Waals surface area contributed by atoms with Crippen LogP contribution in [0.3, 0.4) is 0 Å². The number of fused-ring (bicyclic) bond motifs is 1. The highest BCUT2D eigenvalue weighted by atomic mass is 35.5. The SMILES string of the molecule is [C-]#[N+]c1ncc(-c2cnc3[nH]cc(/C=C/C(N)=O)c3c2)cc1Cl. The minimum Gasteiger partial charge on any atom is -0.366 e. The van der Waals surface area contributed by atoms with Crippen LogP contribution >= 0.6 is 11.6 Å². The van der Waals surface area contributed by atoms with Crippen LogP contribution in [0.5, 0.6) is 0 Å². The number of nitrogens with two attached hydrogens (primary N) is 1. The molecule has 0 unspecified atom stereocenters. The van der Waals surface area contributed by atoms with Gasteiger partial charge in [-0.1, -0.05) is 18.2 Å². The number of nitrogens with one attached hydrogen (secondary N) is 1. The van der Waals surface area contributed by atoms with Crippen molar-refractivity contribution < 1.29 is 4.79 Å². The molecule has 6 nitrogen and oxygen atoms in total. The summed E-state index contributed by atoms with van der Waals surface area (Å²) in [5.74, 6) is -0.356. The van der Waals surface area contributed by atoms with E-state index in [-0.39, 0.29) is 5.82 Å². The molecule has 3 heterocycles. The molecule has 3 rings (SSSR count). The van der Waals surface area contributed by atoms with Crippen molar-refractivity contribution in [1.29, 1.82) is 0 Å². The molecule has 0 saturated carbocycles. The highest BCUT2D eigenvalue weighted by molar-refractivity contribution is 6.33. The lowest BCUT2D eigenvalue weighted by atomic mass is 10.1. The van der Waals surface area contributed by atoms with Crippen LogP contribution in [-0.2, 0) is 4.79 Å². The van der Waals surface area contributed by atoms with E-state index in [1.807, 2.05) is 6.07 Å². The highest BCUT2D eigenvalue weighted by Crippen LogP contribution is 2.30. The van der Waals surface area contributed by atoms with Gasteiger partial charge in [-0.2, -0.15) is 0 Å². The summed E-state index contributed by atoms with van der Waals surface area (Å²) in [6, 6.07) is 3.58. The van der Waals surface area contributed by atoms with Crippen LogP contribution in [0.4, 0.5) is 5.82 Å². The number of primary amides is 1. The molecule has 3 aromatic rings. The molecule has 0 aliphatic heterocycles. The van der Waals surface area contributed by atoms with E-state index in [2.05, 4.69) is 19.8 Å². The summed E-state index contributed by atoms with van der Waals surface area (Å²) in [6.45, 7) is 6.97. The number of nitrogens with zero attached hydrogens (tertiary/aromatic N) is 3. The second-order valence-corrected chi connectivity index (χ2v) is 5.15. The molecule has 1 amide bonds. The fourth-order valence-corrected chi connectivity index (χ4v) is 2.37. The molecule has 0 spiro atoms. The first-order chi connectivity index (χ1) is 11.1. The van der Waals surface area contributed by atoms with E-state index in [0.717, 1.165) is 22.1 Å². The van der Waals surface area contributed by atoms with Gasteiger partial charge in [0.2, 0.25) is 5.91 Å². The first kappa shape index (κ1) is 14.8. The summed E-state index contributed by atoms with van der Waals surface area (Å²) in [7, 11) is 0. The maximum atomic E-state index is 10.9. The Morgan fingerprint density at radius 1 is 1.30 bits per heavy atom. The van der Waals surface area contributed by atoms with Crippen molar-refractivity contribution in [2.45, 2.75) is 0 Å². The van der Waals surface area contributed by atoms with E-state index < -0.39 is 5.91 Å². The molecule has 0 fully saturated rings. The van der Waals surface area contributed by atoms with Crippen molar-refractivity contribution in [1.82, 2.24) is 15.0 Å². The zero-order chi connectivity index (χ0) is 16.4. The van der Waals surface area contributed by atoms with Gasteiger partial charge < -0.3 is 15.6 Å². The Morgan fingerprint density at radius 3 is 2.74 bits per heavy atom. The first-order valence-electron chi connectivity index (χ1n) is 6.56. The number of aromatic nitrogens is 3. The second-order valence-electron chi connectivity index (χ2n) is 4.74. The molecule has 0 aliphatic rings. The van der Waals surface area contributed by atoms with Crippen LogP contribution in [0.15, 0.2) is 36.8 Å². The molecule has 0 bridgehead atoms. The summed E-state index contributed by atoms with van der Waals surface area (Å²) in [5.41, 5.74) is 8.16. The molecule has 0 saturated heterocycles. The average Bonchev–Trinajstić information content (AvgIpc) is 2.95. The van der Waals surface area contributed by atoms with E-state index >= 15 is 0 Å². The van der Waals surface area contributed by atoms with E-state index in [4.69, 9.17) is 23.9 Å². The molecular formula is C16H10ClN5O. The molecular weight excluding hydrogens is 314 g/mol. The van der Waals surface area contributed by atoms with Crippen molar-refractivity contribution in [2.75, 3.05) is 0 Å². The highest BCUT2D eigenvalue weighted by Gasteiger charge is 2.09. The van der Waals surface area contributed by atoms with Gasteiger partial charge >= 0.3 is 0 Å². The zero-order valence-corrected chi connectivity index (χ0v) is 12.5. The van der Waals surface area contributed by atoms with Gasteiger partial charge in [-0.3, -0.25) is 4.79 Å². The maximum absolute atomic E-state index is 10.9. The zero-order valence-electron chi connectivity index (χ0n) is 11.7. The van der Waals surface area contributed by atoms with Gasteiger partial charge in [0.1, 0.15) is 11.8 Å². The van der Waals surface area contributed by atoms with Gasteiger partial charge in [-0.25, -0.2) is 4.98 Å². The Bertz CT molecular complexity index is 984. The Labute approximate surface area is 136 Å². The number of halogens is 1. The minimum absolute atomic E-state index is 0.163. The fourth-order valence-electron chi connectivity index (χ4n) is 2.16. The van der Waals surface area contributed by atoms with Crippen molar-refractivity contribution in [3.63, 3.8) is 0 Å². The van der Waals surface area contributed by atoms with Gasteiger partial charge in [0.25, 0.3) is 5.82 Å². The Morgan fingerprint density at radius 2 is 2.04 bits per heavy atom. The molecule has 23 heavy (non-hydrogen) atoms. The first-order valence-corrected chi connectivity index (χ1v) is 6.94. The Kier molecular flexibility index (Phi) is 3.79. The number of carbonyl (C=O) groups excluding carboxylic acids is 1. The van der Waals surface area contributed by atoms with E-state index in [0.29, 0.717) is 10.7 Å². The Hall–Kier alpha value is -3.17. The Balaban J connectivity index is 2.09. The lowest BCUT2D eigenvalue weighted by Crippen LogP contribution is -2.04. The standard InChI is InChI=1S/C16H10ClN5O/c1-19-16-13(17)5-11(8-22-16)10-4-12-9(2-3-14(18)23)6-20-15(12)21-7-10/h2-8H,(H2,18,23)(H,20,21)/b3-2+. The lowest BCUT2D eigenvalue weighted by Gasteiger charge is -2.02. The maximum Gasteiger partial charge on any atom is 0.288 e. The van der Waals surface area contributed by atoms with Gasteiger partial charge in [-0.15, -0.1) is 4.98 Å². The summed E-state index contributed by atoms with van der Waals surface area (Å²) < 4.78 is 0. The van der Waals surface area contributed by atoms with Gasteiger partial charge in [0, 0.05) is 40.5 Å². The van der Waals surface area contributed by atoms with Crippen molar-refractivity contribution >= 4 is 40.4 Å². The second kappa shape index (κ2) is 5.91. The predicted molar refractivity (Wildman–Crippen MR) is 88.8 cm³/mol. The molecule has 112 valence electrons. The minimum atomic E-state index is -0.519. The largest absolute Gasteiger partial charge is 0.366 e. The van der Waals surface area contributed by atoms with Crippen molar-refractivity contribution in [3.8, 4) is 11.1 Å². The number of amides is 1. The average molecular weight is 324 g/mol. The van der Waals surface area contributed by atoms with Crippen LogP contribution in [0.1, 0.15) is 5.56 Å². The van der Waals surface area contributed by atoms with Gasteiger partial charge in [0.15, 0.2) is 0 Å². The number of hydrogen-bond acceptors (Lipinski definition) is 3. The van der Waals surface area contributed by atoms with E-state index in [1.54, 1.807) is 30.7 Å². The van der Waals surface area contributed by atoms with Crippen LogP contribution in [-0.4, -0.2) is 20.9 Å². The molecule has 0 atom stereocenters. The number of rotatable bonds is 3. The lowest BCUT2D eigenvalue weighted by molar-refractivity contribution is -0.113. The monoisotopic (exact) mass is 323 g/mol. The molecule has 3 aromatic heterocycles. The smallest absolute Gasteiger partial charge is 0.288 e. The van der Waals surface area contributed by atoms with Crippen LogP contribution in [0.2, 0.25) is 5.02 Å².